The lowest BCUT2D eigenvalue weighted by Gasteiger charge is -2.13. The number of unbranched alkanes of at least 4 members (excludes halogenated alkanes) is 2. The quantitative estimate of drug-likeness (QED) is 0.347. The minimum atomic E-state index is 0.0989. The first kappa shape index (κ1) is 25.0. The third-order valence-electron chi connectivity index (χ3n) is 5.55. The van der Waals surface area contributed by atoms with Gasteiger partial charge in [0.2, 0.25) is 0 Å². The summed E-state index contributed by atoms with van der Waals surface area (Å²) < 4.78 is 0. The van der Waals surface area contributed by atoms with Gasteiger partial charge in [-0.3, -0.25) is 0 Å². The van der Waals surface area contributed by atoms with Crippen molar-refractivity contribution in [3.63, 3.8) is 0 Å². The Morgan fingerprint density at radius 2 is 1.12 bits per heavy atom. The standard InChI is InChI=1S/C26H24N4S3/c1-3-5-7-19-20(8-6-4-2)26(24-12-10-22(32-24)18(15-29)16-30)33-25(19)23-11-9-21(31-23)17(13-27)14-28/h9-12,23-24H,3-8H2,1-2H3. The van der Waals surface area contributed by atoms with E-state index in [9.17, 15) is 21.0 Å². The molecular formula is C26H24N4S3. The number of nitriles is 4. The van der Waals surface area contributed by atoms with E-state index in [1.54, 1.807) is 23.5 Å². The van der Waals surface area contributed by atoms with Crippen LogP contribution >= 0.6 is 34.9 Å². The molecule has 0 bridgehead atoms. The van der Waals surface area contributed by atoms with Crippen LogP contribution in [0.3, 0.4) is 0 Å². The zero-order chi connectivity index (χ0) is 23.8. The van der Waals surface area contributed by atoms with Crippen molar-refractivity contribution in [1.29, 1.82) is 21.0 Å². The average Bonchev–Trinajstić information content (AvgIpc) is 3.57. The fourth-order valence-electron chi connectivity index (χ4n) is 3.87. The van der Waals surface area contributed by atoms with Gasteiger partial charge in [0.05, 0.1) is 10.5 Å². The first-order valence-electron chi connectivity index (χ1n) is 11.0. The van der Waals surface area contributed by atoms with Crippen LogP contribution in [0.4, 0.5) is 0 Å². The van der Waals surface area contributed by atoms with Gasteiger partial charge in [0, 0.05) is 19.6 Å². The fraction of sp³-hybridized carbons (Fsp3) is 0.385. The average molecular weight is 489 g/mol. The van der Waals surface area contributed by atoms with Crippen LogP contribution in [0.2, 0.25) is 0 Å². The second-order valence-corrected chi connectivity index (χ2v) is 11.2. The Labute approximate surface area is 208 Å². The molecule has 2 aliphatic rings. The van der Waals surface area contributed by atoms with Crippen molar-refractivity contribution in [1.82, 2.24) is 0 Å². The number of hydrogen-bond acceptors (Lipinski definition) is 7. The van der Waals surface area contributed by atoms with Gasteiger partial charge in [-0.2, -0.15) is 21.0 Å². The van der Waals surface area contributed by atoms with Crippen molar-refractivity contribution in [3.05, 3.63) is 66.1 Å². The van der Waals surface area contributed by atoms with E-state index < -0.39 is 0 Å². The maximum atomic E-state index is 9.28. The topological polar surface area (TPSA) is 95.2 Å². The molecular weight excluding hydrogens is 465 g/mol. The maximum absolute atomic E-state index is 9.28. The summed E-state index contributed by atoms with van der Waals surface area (Å²) in [7, 11) is 0. The Bertz CT molecular complexity index is 1080. The van der Waals surface area contributed by atoms with E-state index in [1.165, 1.54) is 20.9 Å². The molecule has 0 amide bonds. The van der Waals surface area contributed by atoms with Gasteiger partial charge in [0.1, 0.15) is 35.4 Å². The highest BCUT2D eigenvalue weighted by Crippen LogP contribution is 2.53. The molecule has 0 fully saturated rings. The van der Waals surface area contributed by atoms with Crippen molar-refractivity contribution in [2.75, 3.05) is 0 Å². The van der Waals surface area contributed by atoms with E-state index in [1.807, 2.05) is 47.8 Å². The molecule has 0 saturated carbocycles. The van der Waals surface area contributed by atoms with Crippen LogP contribution in [0.25, 0.3) is 0 Å². The number of thiophene rings is 1. The van der Waals surface area contributed by atoms with Crippen molar-refractivity contribution in [2.24, 2.45) is 0 Å². The Balaban J connectivity index is 2.06. The number of hydrogen-bond donors (Lipinski definition) is 0. The lowest BCUT2D eigenvalue weighted by atomic mass is 9.96. The predicted octanol–water partition coefficient (Wildman–Crippen LogP) is 7.72. The van der Waals surface area contributed by atoms with Gasteiger partial charge in [-0.15, -0.1) is 34.9 Å². The van der Waals surface area contributed by atoms with E-state index in [0.717, 1.165) is 48.3 Å². The molecule has 1 aromatic heterocycles. The second-order valence-electron chi connectivity index (χ2n) is 7.72. The molecule has 0 saturated heterocycles. The van der Waals surface area contributed by atoms with Crippen LogP contribution < -0.4 is 0 Å². The number of allylic oxidation sites excluding steroid dienone is 4. The van der Waals surface area contributed by atoms with Crippen LogP contribution in [0, 0.1) is 45.3 Å². The lowest BCUT2D eigenvalue weighted by Crippen LogP contribution is -1.99. The second kappa shape index (κ2) is 12.0. The largest absolute Gasteiger partial charge is 0.192 e. The first-order valence-corrected chi connectivity index (χ1v) is 13.6. The summed E-state index contributed by atoms with van der Waals surface area (Å²) in [4.78, 5) is 4.10. The van der Waals surface area contributed by atoms with E-state index in [0.29, 0.717) is 0 Å². The van der Waals surface area contributed by atoms with Crippen LogP contribution in [0.1, 0.15) is 70.9 Å². The molecule has 1 aromatic rings. The van der Waals surface area contributed by atoms with Gasteiger partial charge in [0.25, 0.3) is 0 Å². The van der Waals surface area contributed by atoms with E-state index in [-0.39, 0.29) is 21.6 Å². The third-order valence-corrected chi connectivity index (χ3v) is 9.77. The summed E-state index contributed by atoms with van der Waals surface area (Å²) in [5.74, 6) is 0. The van der Waals surface area contributed by atoms with Crippen molar-refractivity contribution in [3.8, 4) is 24.3 Å². The van der Waals surface area contributed by atoms with Gasteiger partial charge >= 0.3 is 0 Å². The Kier molecular flexibility index (Phi) is 9.05. The summed E-state index contributed by atoms with van der Waals surface area (Å²) in [5.41, 5.74) is 3.16. The number of rotatable bonds is 8. The summed E-state index contributed by atoms with van der Waals surface area (Å²) in [5, 5.41) is 37.3. The summed E-state index contributed by atoms with van der Waals surface area (Å²) in [6.45, 7) is 4.40. The maximum Gasteiger partial charge on any atom is 0.143 e. The highest BCUT2D eigenvalue weighted by molar-refractivity contribution is 8.04. The molecule has 0 radical (unpaired) electrons. The molecule has 3 rings (SSSR count). The normalized spacial score (nSPS) is 18.6. The summed E-state index contributed by atoms with van der Waals surface area (Å²) in [6, 6.07) is 8.04. The van der Waals surface area contributed by atoms with Gasteiger partial charge in [-0.25, -0.2) is 0 Å². The molecule has 3 heterocycles. The molecule has 7 heteroatoms. The monoisotopic (exact) mass is 488 g/mol. The zero-order valence-electron chi connectivity index (χ0n) is 18.7. The minimum Gasteiger partial charge on any atom is -0.192 e. The SMILES string of the molecule is CCCCc1c(C2C=CC(=C(C#N)C#N)S2)sc(C2C=CC(=C(C#N)C#N)S2)c1CCCC. The fourth-order valence-corrected chi connectivity index (χ4v) is 7.86. The lowest BCUT2D eigenvalue weighted by molar-refractivity contribution is 0.754. The highest BCUT2D eigenvalue weighted by atomic mass is 32.2. The van der Waals surface area contributed by atoms with Gasteiger partial charge in [0.15, 0.2) is 0 Å². The molecule has 33 heavy (non-hydrogen) atoms. The van der Waals surface area contributed by atoms with Crippen molar-refractivity contribution >= 4 is 34.9 Å². The smallest absolute Gasteiger partial charge is 0.143 e. The highest BCUT2D eigenvalue weighted by Gasteiger charge is 2.30. The molecule has 4 nitrogen and oxygen atoms in total. The molecule has 0 N–H and O–H groups in total. The molecule has 0 spiro atoms. The van der Waals surface area contributed by atoms with Crippen LogP contribution in [-0.4, -0.2) is 0 Å². The molecule has 2 aliphatic heterocycles. The van der Waals surface area contributed by atoms with Crippen LogP contribution in [-0.2, 0) is 12.8 Å². The van der Waals surface area contributed by atoms with Gasteiger partial charge in [-0.1, -0.05) is 38.8 Å². The summed E-state index contributed by atoms with van der Waals surface area (Å²) >= 11 is 4.99. The number of thioether (sulfide) groups is 2. The van der Waals surface area contributed by atoms with E-state index in [2.05, 4.69) is 26.0 Å². The van der Waals surface area contributed by atoms with E-state index >= 15 is 0 Å². The minimum absolute atomic E-state index is 0.0989. The van der Waals surface area contributed by atoms with Crippen molar-refractivity contribution < 1.29 is 0 Å². The molecule has 166 valence electrons. The van der Waals surface area contributed by atoms with Crippen molar-refractivity contribution in [2.45, 2.75) is 62.9 Å². The molecule has 0 aliphatic carbocycles. The van der Waals surface area contributed by atoms with E-state index in [4.69, 9.17) is 0 Å². The van der Waals surface area contributed by atoms with Crippen LogP contribution in [0.5, 0.6) is 0 Å². The molecule has 0 aromatic carbocycles. The predicted molar refractivity (Wildman–Crippen MR) is 137 cm³/mol. The van der Waals surface area contributed by atoms with Gasteiger partial charge in [-0.05, 0) is 49.0 Å². The summed E-state index contributed by atoms with van der Waals surface area (Å²) in [6.07, 6.45) is 14.5. The Hall–Kier alpha value is -2.68. The third kappa shape index (κ3) is 5.46. The van der Waals surface area contributed by atoms with Crippen LogP contribution in [0.15, 0.2) is 45.3 Å². The zero-order valence-corrected chi connectivity index (χ0v) is 21.2. The first-order chi connectivity index (χ1) is 16.1. The molecule has 2 unspecified atom stereocenters. The number of nitrogens with zero attached hydrogens (tertiary/aromatic N) is 4. The Morgan fingerprint density at radius 3 is 1.45 bits per heavy atom. The Morgan fingerprint density at radius 1 is 0.727 bits per heavy atom. The molecule has 2 atom stereocenters. The van der Waals surface area contributed by atoms with Gasteiger partial charge < -0.3 is 0 Å².